The van der Waals surface area contributed by atoms with Crippen LogP contribution in [0.25, 0.3) is 11.5 Å². The van der Waals surface area contributed by atoms with E-state index in [4.69, 9.17) is 19.0 Å². The zero-order valence-corrected chi connectivity index (χ0v) is 25.1. The number of nitrogens with one attached hydrogen (secondary N) is 2. The molecule has 3 N–H and O–H groups in total. The molecule has 10 nitrogen and oxygen atoms in total. The molecule has 0 spiro atoms. The summed E-state index contributed by atoms with van der Waals surface area (Å²) in [6.07, 6.45) is 5.67. The molecule has 230 valence electrons. The van der Waals surface area contributed by atoms with Crippen molar-refractivity contribution in [2.24, 2.45) is 0 Å². The van der Waals surface area contributed by atoms with Crippen LogP contribution in [0.4, 0.5) is 4.79 Å². The van der Waals surface area contributed by atoms with Crippen molar-refractivity contribution >= 4 is 18.0 Å². The summed E-state index contributed by atoms with van der Waals surface area (Å²) in [5, 5.41) is 15.0. The molecule has 0 unspecified atom stereocenters. The third-order valence-corrected chi connectivity index (χ3v) is 7.39. The first-order chi connectivity index (χ1) is 20.7. The van der Waals surface area contributed by atoms with Crippen LogP contribution in [-0.2, 0) is 28.9 Å². The number of aliphatic carboxylic acids is 1. The fourth-order valence-electron chi connectivity index (χ4n) is 5.09. The third-order valence-electron chi connectivity index (χ3n) is 7.39. The number of carboxylic acids is 1. The van der Waals surface area contributed by atoms with Gasteiger partial charge in [0.15, 0.2) is 0 Å². The lowest BCUT2D eigenvalue weighted by molar-refractivity contribution is -0.136. The van der Waals surface area contributed by atoms with Gasteiger partial charge in [0.1, 0.15) is 11.5 Å². The fourth-order valence-corrected chi connectivity index (χ4v) is 5.09. The van der Waals surface area contributed by atoms with Gasteiger partial charge in [-0.1, -0.05) is 25.3 Å². The smallest absolute Gasteiger partial charge is 0.407 e. The average molecular weight is 592 g/mol. The summed E-state index contributed by atoms with van der Waals surface area (Å²) in [7, 11) is 0. The highest BCUT2D eigenvalue weighted by molar-refractivity contribution is 5.94. The SMILES string of the molecule is Cc1oc(-c2ccc(C(=O)NC3CCCCC3)cc2)nc1CCOc1ccc(CCC(=O)O)c(CNC(=O)OC(C)C)c1. The average Bonchev–Trinajstić information content (AvgIpc) is 3.35. The van der Waals surface area contributed by atoms with Gasteiger partial charge < -0.3 is 29.6 Å². The van der Waals surface area contributed by atoms with E-state index in [1.807, 2.05) is 25.1 Å². The van der Waals surface area contributed by atoms with E-state index < -0.39 is 12.1 Å². The highest BCUT2D eigenvalue weighted by atomic mass is 16.6. The molecule has 1 fully saturated rings. The Balaban J connectivity index is 1.34. The van der Waals surface area contributed by atoms with Crippen LogP contribution < -0.4 is 15.4 Å². The molecule has 0 saturated heterocycles. The van der Waals surface area contributed by atoms with Crippen molar-refractivity contribution in [1.82, 2.24) is 15.6 Å². The second-order valence-corrected chi connectivity index (χ2v) is 11.1. The minimum absolute atomic E-state index is 0.0200. The van der Waals surface area contributed by atoms with Crippen LogP contribution in [0.1, 0.15) is 85.3 Å². The molecule has 43 heavy (non-hydrogen) atoms. The highest BCUT2D eigenvalue weighted by Crippen LogP contribution is 2.24. The number of carboxylic acid groups (broad SMARTS) is 1. The molecular formula is C33H41N3O7. The van der Waals surface area contributed by atoms with E-state index in [2.05, 4.69) is 15.6 Å². The van der Waals surface area contributed by atoms with E-state index >= 15 is 0 Å². The summed E-state index contributed by atoms with van der Waals surface area (Å²) in [5.74, 6) is 0.823. The topological polar surface area (TPSA) is 140 Å². The van der Waals surface area contributed by atoms with Crippen molar-refractivity contribution in [3.8, 4) is 17.2 Å². The maximum absolute atomic E-state index is 12.6. The van der Waals surface area contributed by atoms with Crippen molar-refractivity contribution in [2.75, 3.05) is 6.61 Å². The Morgan fingerprint density at radius 2 is 1.77 bits per heavy atom. The Bertz CT molecular complexity index is 1390. The minimum atomic E-state index is -0.892. The Morgan fingerprint density at radius 3 is 2.47 bits per heavy atom. The fraction of sp³-hybridized carbons (Fsp3) is 0.455. The van der Waals surface area contributed by atoms with Crippen LogP contribution in [0.3, 0.4) is 0 Å². The van der Waals surface area contributed by atoms with E-state index in [1.54, 1.807) is 38.1 Å². The molecule has 1 aliphatic rings. The molecular weight excluding hydrogens is 550 g/mol. The molecule has 0 atom stereocenters. The van der Waals surface area contributed by atoms with E-state index in [0.29, 0.717) is 42.4 Å². The number of ether oxygens (including phenoxy) is 2. The molecule has 1 aliphatic carbocycles. The number of rotatable bonds is 13. The van der Waals surface area contributed by atoms with Gasteiger partial charge in [-0.2, -0.15) is 0 Å². The molecule has 3 aromatic rings. The van der Waals surface area contributed by atoms with Crippen molar-refractivity contribution in [2.45, 2.75) is 90.8 Å². The summed E-state index contributed by atoms with van der Waals surface area (Å²) in [5.41, 5.74) is 3.75. The minimum Gasteiger partial charge on any atom is -0.493 e. The molecule has 1 aromatic heterocycles. The zero-order chi connectivity index (χ0) is 30.8. The standard InChI is InChI=1S/C33H41N3O7/c1-21(2)42-33(40)34-20-26-19-28(15-13-23(26)14-16-30(37)38)41-18-17-29-22(3)43-32(36-29)25-11-9-24(10-12-25)31(39)35-27-7-5-4-6-8-27/h9-13,15,19,21,27H,4-8,14,16-18,20H2,1-3H3,(H,34,40)(H,35,39)(H,37,38). The van der Waals surface area contributed by atoms with Crippen molar-refractivity contribution in [3.05, 3.63) is 70.6 Å². The van der Waals surface area contributed by atoms with E-state index in [1.165, 1.54) is 6.42 Å². The van der Waals surface area contributed by atoms with Crippen LogP contribution >= 0.6 is 0 Å². The first-order valence-electron chi connectivity index (χ1n) is 15.0. The number of aromatic nitrogens is 1. The van der Waals surface area contributed by atoms with Crippen LogP contribution in [0, 0.1) is 6.92 Å². The normalized spacial score (nSPS) is 13.5. The van der Waals surface area contributed by atoms with Gasteiger partial charge in [0.25, 0.3) is 5.91 Å². The highest BCUT2D eigenvalue weighted by Gasteiger charge is 2.18. The lowest BCUT2D eigenvalue weighted by Crippen LogP contribution is -2.36. The molecule has 1 saturated carbocycles. The van der Waals surface area contributed by atoms with E-state index in [9.17, 15) is 14.4 Å². The van der Waals surface area contributed by atoms with Crippen LogP contribution in [0.5, 0.6) is 5.75 Å². The number of hydrogen-bond donors (Lipinski definition) is 3. The molecule has 0 aliphatic heterocycles. The Morgan fingerprint density at radius 1 is 1.02 bits per heavy atom. The number of carbonyl (C=O) groups excluding carboxylic acids is 2. The number of carbonyl (C=O) groups is 3. The summed E-state index contributed by atoms with van der Waals surface area (Å²) in [4.78, 5) is 40.4. The molecule has 2 amide bonds. The number of alkyl carbamates (subject to hydrolysis) is 1. The third kappa shape index (κ3) is 9.59. The largest absolute Gasteiger partial charge is 0.493 e. The summed E-state index contributed by atoms with van der Waals surface area (Å²) in [6, 6.07) is 13.0. The predicted octanol–water partition coefficient (Wildman–Crippen LogP) is 5.99. The Hall–Kier alpha value is -4.34. The van der Waals surface area contributed by atoms with Gasteiger partial charge in [-0.25, -0.2) is 9.78 Å². The maximum atomic E-state index is 12.6. The lowest BCUT2D eigenvalue weighted by atomic mass is 9.95. The van der Waals surface area contributed by atoms with Crippen LogP contribution in [0.15, 0.2) is 46.9 Å². The Labute approximate surface area is 252 Å². The summed E-state index contributed by atoms with van der Waals surface area (Å²) < 4.78 is 17.0. The van der Waals surface area contributed by atoms with Gasteiger partial charge in [0.2, 0.25) is 5.89 Å². The van der Waals surface area contributed by atoms with Gasteiger partial charge in [0.05, 0.1) is 18.4 Å². The number of hydrogen-bond acceptors (Lipinski definition) is 7. The molecule has 10 heteroatoms. The van der Waals surface area contributed by atoms with E-state index in [0.717, 1.165) is 48.1 Å². The quantitative estimate of drug-likeness (QED) is 0.220. The molecule has 4 rings (SSSR count). The van der Waals surface area contributed by atoms with Crippen molar-refractivity contribution in [1.29, 1.82) is 0 Å². The van der Waals surface area contributed by atoms with Crippen molar-refractivity contribution in [3.63, 3.8) is 0 Å². The number of amides is 2. The molecule has 0 radical (unpaired) electrons. The summed E-state index contributed by atoms with van der Waals surface area (Å²) >= 11 is 0. The molecule has 0 bridgehead atoms. The maximum Gasteiger partial charge on any atom is 0.407 e. The van der Waals surface area contributed by atoms with Gasteiger partial charge in [0, 0.05) is 36.6 Å². The second-order valence-electron chi connectivity index (χ2n) is 11.1. The number of benzene rings is 2. The Kier molecular flexibility index (Phi) is 11.2. The van der Waals surface area contributed by atoms with Gasteiger partial charge >= 0.3 is 12.1 Å². The molecule has 1 heterocycles. The predicted molar refractivity (Wildman–Crippen MR) is 161 cm³/mol. The second kappa shape index (κ2) is 15.2. The van der Waals surface area contributed by atoms with Gasteiger partial charge in [-0.3, -0.25) is 9.59 Å². The lowest BCUT2D eigenvalue weighted by Gasteiger charge is -2.22. The first-order valence-corrected chi connectivity index (χ1v) is 15.0. The first kappa shape index (κ1) is 31.6. The van der Waals surface area contributed by atoms with Crippen LogP contribution in [0.2, 0.25) is 0 Å². The zero-order valence-electron chi connectivity index (χ0n) is 25.1. The molecule has 2 aromatic carbocycles. The monoisotopic (exact) mass is 591 g/mol. The van der Waals surface area contributed by atoms with Crippen molar-refractivity contribution < 1.29 is 33.4 Å². The number of nitrogens with zero attached hydrogens (tertiary/aromatic N) is 1. The van der Waals surface area contributed by atoms with Crippen LogP contribution in [-0.4, -0.2) is 46.8 Å². The van der Waals surface area contributed by atoms with Gasteiger partial charge in [-0.05, 0) is 87.6 Å². The number of oxazole rings is 1. The van der Waals surface area contributed by atoms with E-state index in [-0.39, 0.29) is 31.0 Å². The van der Waals surface area contributed by atoms with Gasteiger partial charge in [-0.15, -0.1) is 0 Å². The number of aryl methyl sites for hydroxylation is 2. The summed E-state index contributed by atoms with van der Waals surface area (Å²) in [6.45, 7) is 5.91.